The van der Waals surface area contributed by atoms with E-state index in [9.17, 15) is 4.79 Å². The Morgan fingerprint density at radius 2 is 2.08 bits per heavy atom. The molecule has 0 saturated carbocycles. The number of carbonyl (C=O) groups excluding carboxylic acids is 1. The smallest absolute Gasteiger partial charge is 0.222 e. The fourth-order valence-corrected chi connectivity index (χ4v) is 3.09. The summed E-state index contributed by atoms with van der Waals surface area (Å²) in [6.07, 6.45) is 6.91. The summed E-state index contributed by atoms with van der Waals surface area (Å²) in [5.41, 5.74) is 1.06. The van der Waals surface area contributed by atoms with E-state index in [0.29, 0.717) is 26.2 Å². The van der Waals surface area contributed by atoms with E-state index in [1.807, 2.05) is 53.6 Å². The summed E-state index contributed by atoms with van der Waals surface area (Å²) in [5.74, 6) is 1.04. The van der Waals surface area contributed by atoms with Gasteiger partial charge >= 0.3 is 0 Å². The lowest BCUT2D eigenvalue weighted by Crippen LogP contribution is -2.43. The Morgan fingerprint density at radius 1 is 1.19 bits per heavy atom. The first-order valence-corrected chi connectivity index (χ1v) is 9.27. The zero-order chi connectivity index (χ0) is 18.0. The Bertz CT molecular complexity index is 663. The Kier molecular flexibility index (Phi) is 7.02. The molecule has 0 aliphatic carbocycles. The second kappa shape index (κ2) is 9.92. The molecule has 0 radical (unpaired) electrons. The number of benzene rings is 1. The third-order valence-corrected chi connectivity index (χ3v) is 4.49. The van der Waals surface area contributed by atoms with Crippen molar-refractivity contribution in [3.8, 4) is 5.75 Å². The summed E-state index contributed by atoms with van der Waals surface area (Å²) < 4.78 is 11.6. The van der Waals surface area contributed by atoms with Gasteiger partial charge in [0.1, 0.15) is 5.75 Å². The highest BCUT2D eigenvalue weighted by atomic mass is 16.5. The molecule has 1 fully saturated rings. The number of hydrogen-bond donors (Lipinski definition) is 0. The van der Waals surface area contributed by atoms with Gasteiger partial charge in [0, 0.05) is 31.9 Å². The average molecular weight is 354 g/mol. The lowest BCUT2D eigenvalue weighted by molar-refractivity contribution is -0.135. The summed E-state index contributed by atoms with van der Waals surface area (Å²) in [6, 6.07) is 13.6. The van der Waals surface area contributed by atoms with Crippen molar-refractivity contribution in [1.29, 1.82) is 0 Å². The lowest BCUT2D eigenvalue weighted by atomic mass is 10.1. The van der Waals surface area contributed by atoms with Gasteiger partial charge in [0.05, 0.1) is 19.3 Å². The van der Waals surface area contributed by atoms with Crippen molar-refractivity contribution in [2.75, 3.05) is 19.7 Å². The van der Waals surface area contributed by atoms with E-state index in [1.165, 1.54) is 0 Å². The van der Waals surface area contributed by atoms with Gasteiger partial charge in [-0.05, 0) is 43.0 Å². The summed E-state index contributed by atoms with van der Waals surface area (Å²) in [7, 11) is 0. The number of hydrogen-bond acceptors (Lipinski definition) is 4. The molecule has 2 heterocycles. The quantitative estimate of drug-likeness (QED) is 0.682. The Hall–Kier alpha value is -2.40. The molecule has 5 nitrogen and oxygen atoms in total. The molecular formula is C21H26N2O3. The normalized spacial score (nSPS) is 17.1. The fourth-order valence-electron chi connectivity index (χ4n) is 3.09. The van der Waals surface area contributed by atoms with Crippen LogP contribution in [-0.2, 0) is 16.1 Å². The number of rotatable bonds is 8. The van der Waals surface area contributed by atoms with Gasteiger partial charge in [-0.25, -0.2) is 0 Å². The van der Waals surface area contributed by atoms with Crippen LogP contribution in [-0.4, -0.2) is 41.6 Å². The van der Waals surface area contributed by atoms with Crippen molar-refractivity contribution in [3.05, 3.63) is 60.4 Å². The first kappa shape index (κ1) is 18.4. The van der Waals surface area contributed by atoms with Crippen LogP contribution in [0.3, 0.4) is 0 Å². The number of pyridine rings is 1. The highest BCUT2D eigenvalue weighted by molar-refractivity contribution is 5.76. The standard InChI is InChI=1S/C21H26N2O3/c24-21(11-6-14-25-19-8-2-1-3-9-19)23-13-5-10-20(16-23)26-17-18-7-4-12-22-15-18/h1-4,7-9,12,15,20H,5-6,10-11,13-14,16-17H2. The molecule has 1 aliphatic heterocycles. The predicted molar refractivity (Wildman–Crippen MR) is 99.8 cm³/mol. The van der Waals surface area contributed by atoms with E-state index in [1.54, 1.807) is 6.20 Å². The van der Waals surface area contributed by atoms with Crippen LogP contribution in [0, 0.1) is 0 Å². The highest BCUT2D eigenvalue weighted by Gasteiger charge is 2.23. The molecule has 0 N–H and O–H groups in total. The maximum atomic E-state index is 12.4. The third kappa shape index (κ3) is 5.85. The number of nitrogens with zero attached hydrogens (tertiary/aromatic N) is 2. The van der Waals surface area contributed by atoms with Crippen LogP contribution >= 0.6 is 0 Å². The van der Waals surface area contributed by atoms with Crippen molar-refractivity contribution < 1.29 is 14.3 Å². The SMILES string of the molecule is O=C(CCCOc1ccccc1)N1CCCC(OCc2cccnc2)C1. The number of piperidine rings is 1. The van der Waals surface area contributed by atoms with Gasteiger partial charge in [0.25, 0.3) is 0 Å². The molecule has 5 heteroatoms. The van der Waals surface area contributed by atoms with Crippen LogP contribution < -0.4 is 4.74 Å². The second-order valence-electron chi connectivity index (χ2n) is 6.54. The molecule has 0 bridgehead atoms. The van der Waals surface area contributed by atoms with Crippen molar-refractivity contribution in [3.63, 3.8) is 0 Å². The van der Waals surface area contributed by atoms with Crippen LogP contribution in [0.25, 0.3) is 0 Å². The third-order valence-electron chi connectivity index (χ3n) is 4.49. The van der Waals surface area contributed by atoms with Crippen LogP contribution in [0.15, 0.2) is 54.9 Å². The maximum absolute atomic E-state index is 12.4. The molecular weight excluding hydrogens is 328 g/mol. The Morgan fingerprint density at radius 3 is 2.88 bits per heavy atom. The monoisotopic (exact) mass is 354 g/mol. The maximum Gasteiger partial charge on any atom is 0.222 e. The minimum Gasteiger partial charge on any atom is -0.494 e. The molecule has 1 unspecified atom stereocenters. The van der Waals surface area contributed by atoms with E-state index >= 15 is 0 Å². The average Bonchev–Trinajstić information content (AvgIpc) is 2.71. The zero-order valence-corrected chi connectivity index (χ0v) is 15.0. The summed E-state index contributed by atoms with van der Waals surface area (Å²) in [4.78, 5) is 18.5. The summed E-state index contributed by atoms with van der Waals surface area (Å²) in [6.45, 7) is 2.61. The van der Waals surface area contributed by atoms with Gasteiger partial charge in [-0.2, -0.15) is 0 Å². The van der Waals surface area contributed by atoms with E-state index in [-0.39, 0.29) is 12.0 Å². The Labute approximate surface area is 155 Å². The number of ether oxygens (including phenoxy) is 2. The number of para-hydroxylation sites is 1. The highest BCUT2D eigenvalue weighted by Crippen LogP contribution is 2.16. The molecule has 1 aromatic carbocycles. The van der Waals surface area contributed by atoms with Crippen molar-refractivity contribution >= 4 is 5.91 Å². The van der Waals surface area contributed by atoms with Crippen molar-refractivity contribution in [2.45, 2.75) is 38.4 Å². The molecule has 3 rings (SSSR count). The number of aromatic nitrogens is 1. The fraction of sp³-hybridized carbons (Fsp3) is 0.429. The molecule has 1 amide bonds. The first-order chi connectivity index (χ1) is 12.8. The Balaban J connectivity index is 1.36. The van der Waals surface area contributed by atoms with Gasteiger partial charge in [-0.15, -0.1) is 0 Å². The summed E-state index contributed by atoms with van der Waals surface area (Å²) >= 11 is 0. The number of amides is 1. The molecule has 26 heavy (non-hydrogen) atoms. The summed E-state index contributed by atoms with van der Waals surface area (Å²) in [5, 5.41) is 0. The van der Waals surface area contributed by atoms with Crippen molar-refractivity contribution in [1.82, 2.24) is 9.88 Å². The van der Waals surface area contributed by atoms with Gasteiger partial charge in [-0.1, -0.05) is 24.3 Å². The minimum absolute atomic E-state index is 0.105. The predicted octanol–water partition coefficient (Wildman–Crippen LogP) is 3.45. The molecule has 0 spiro atoms. The topological polar surface area (TPSA) is 51.7 Å². The van der Waals surface area contributed by atoms with E-state index in [0.717, 1.165) is 37.1 Å². The first-order valence-electron chi connectivity index (χ1n) is 9.27. The van der Waals surface area contributed by atoms with Gasteiger partial charge in [-0.3, -0.25) is 9.78 Å². The van der Waals surface area contributed by atoms with Crippen molar-refractivity contribution in [2.24, 2.45) is 0 Å². The zero-order valence-electron chi connectivity index (χ0n) is 15.0. The van der Waals surface area contributed by atoms with E-state index < -0.39 is 0 Å². The molecule has 1 atom stereocenters. The molecule has 138 valence electrons. The van der Waals surface area contributed by atoms with E-state index in [2.05, 4.69) is 4.98 Å². The van der Waals surface area contributed by atoms with Crippen LogP contribution in [0.2, 0.25) is 0 Å². The largest absolute Gasteiger partial charge is 0.494 e. The van der Waals surface area contributed by atoms with Gasteiger partial charge in [0.15, 0.2) is 0 Å². The van der Waals surface area contributed by atoms with Crippen LogP contribution in [0.1, 0.15) is 31.2 Å². The van der Waals surface area contributed by atoms with Crippen LogP contribution in [0.5, 0.6) is 5.75 Å². The molecule has 2 aromatic rings. The van der Waals surface area contributed by atoms with Gasteiger partial charge < -0.3 is 14.4 Å². The van der Waals surface area contributed by atoms with E-state index in [4.69, 9.17) is 9.47 Å². The minimum atomic E-state index is 0.105. The van der Waals surface area contributed by atoms with Crippen LogP contribution in [0.4, 0.5) is 0 Å². The number of carbonyl (C=O) groups is 1. The number of likely N-dealkylation sites (tertiary alicyclic amines) is 1. The van der Waals surface area contributed by atoms with Gasteiger partial charge in [0.2, 0.25) is 5.91 Å². The second-order valence-corrected chi connectivity index (χ2v) is 6.54. The molecule has 1 aromatic heterocycles. The molecule has 1 saturated heterocycles. The lowest BCUT2D eigenvalue weighted by Gasteiger charge is -2.32. The molecule has 1 aliphatic rings.